The van der Waals surface area contributed by atoms with E-state index in [4.69, 9.17) is 4.74 Å². The zero-order chi connectivity index (χ0) is 30.7. The van der Waals surface area contributed by atoms with E-state index in [1.165, 1.54) is 22.9 Å². The molecule has 226 valence electrons. The molecule has 4 aromatic rings. The molecule has 6 rings (SSSR count). The molecule has 0 saturated carbocycles. The third-order valence-electron chi connectivity index (χ3n) is 8.89. The Morgan fingerprint density at radius 1 is 0.932 bits per heavy atom. The second-order valence-corrected chi connectivity index (χ2v) is 13.2. The summed E-state index contributed by atoms with van der Waals surface area (Å²) in [5.41, 5.74) is 6.43. The summed E-state index contributed by atoms with van der Waals surface area (Å²) in [4.78, 5) is 31.8. The maximum absolute atomic E-state index is 14.6. The smallest absolute Gasteiger partial charge is 0.239 e. The summed E-state index contributed by atoms with van der Waals surface area (Å²) in [5, 5.41) is 13.0. The highest BCUT2D eigenvalue weighted by Gasteiger charge is 2.59. The predicted octanol–water partition coefficient (Wildman–Crippen LogP) is 5.83. The van der Waals surface area contributed by atoms with E-state index < -0.39 is 10.8 Å². The molecule has 0 aromatic heterocycles. The second kappa shape index (κ2) is 12.9. The molecule has 0 unspecified atom stereocenters. The third-order valence-corrected chi connectivity index (χ3v) is 10.3. The number of carbonyl (C=O) groups excluding carboxylic acids is 2. The van der Waals surface area contributed by atoms with E-state index in [9.17, 15) is 14.7 Å². The Kier molecular flexibility index (Phi) is 8.78. The number of aliphatic hydroxyl groups is 1. The number of likely N-dealkylation sites (tertiary alicyclic amines) is 1. The first-order valence-corrected chi connectivity index (χ1v) is 16.0. The van der Waals surface area contributed by atoms with Crippen molar-refractivity contribution in [2.24, 2.45) is 0 Å². The van der Waals surface area contributed by atoms with Gasteiger partial charge in [0.05, 0.1) is 26.2 Å². The topological polar surface area (TPSA) is 78.9 Å². The molecule has 4 aromatic carbocycles. The number of nitrogens with zero attached hydrogens (tertiary/aromatic N) is 1. The van der Waals surface area contributed by atoms with E-state index in [-0.39, 0.29) is 30.9 Å². The van der Waals surface area contributed by atoms with Crippen LogP contribution in [-0.4, -0.2) is 46.3 Å². The molecule has 2 amide bonds. The van der Waals surface area contributed by atoms with Gasteiger partial charge in [0, 0.05) is 17.5 Å². The molecule has 0 radical (unpaired) electrons. The molecule has 1 aliphatic heterocycles. The molecule has 2 N–H and O–H groups in total. The van der Waals surface area contributed by atoms with Crippen LogP contribution >= 0.6 is 11.8 Å². The Morgan fingerprint density at radius 3 is 2.18 bits per heavy atom. The zero-order valence-electron chi connectivity index (χ0n) is 25.2. The number of aryl methyl sites for hydroxylation is 1. The number of benzene rings is 4. The summed E-state index contributed by atoms with van der Waals surface area (Å²) < 4.78 is 4.19. The lowest BCUT2D eigenvalue weighted by atomic mass is 9.90. The predicted molar refractivity (Wildman–Crippen MR) is 174 cm³/mol. The fourth-order valence-electron chi connectivity index (χ4n) is 6.58. The highest BCUT2D eigenvalue weighted by molar-refractivity contribution is 8.01. The molecule has 2 aliphatic rings. The summed E-state index contributed by atoms with van der Waals surface area (Å²) in [5.74, 6) is 0.642. The molecule has 0 bridgehead atoms. The number of ether oxygens (including phenoxy) is 1. The molecular weight excluding hydrogens is 568 g/mol. The van der Waals surface area contributed by atoms with Crippen LogP contribution in [0.3, 0.4) is 0 Å². The van der Waals surface area contributed by atoms with Gasteiger partial charge in [0.2, 0.25) is 11.8 Å². The van der Waals surface area contributed by atoms with Crippen LogP contribution in [0.5, 0.6) is 5.75 Å². The number of hydrogen-bond donors (Lipinski definition) is 2. The normalized spacial score (nSPS) is 19.7. The first-order valence-electron chi connectivity index (χ1n) is 15.1. The van der Waals surface area contributed by atoms with Crippen molar-refractivity contribution in [3.05, 3.63) is 130 Å². The number of aliphatic hydroxyl groups excluding tert-OH is 1. The Bertz CT molecular complexity index is 1600. The van der Waals surface area contributed by atoms with Crippen molar-refractivity contribution in [3.63, 3.8) is 0 Å². The van der Waals surface area contributed by atoms with Crippen LogP contribution in [0.15, 0.2) is 102 Å². The van der Waals surface area contributed by atoms with Crippen molar-refractivity contribution in [1.82, 2.24) is 10.2 Å². The Hall–Kier alpha value is -4.07. The molecule has 6 nitrogen and oxygen atoms in total. The van der Waals surface area contributed by atoms with Gasteiger partial charge in [0.25, 0.3) is 0 Å². The lowest BCUT2D eigenvalue weighted by molar-refractivity contribution is -0.131. The van der Waals surface area contributed by atoms with E-state index in [0.717, 1.165) is 45.7 Å². The highest BCUT2D eigenvalue weighted by atomic mass is 32.2. The summed E-state index contributed by atoms with van der Waals surface area (Å²) in [6.07, 6.45) is 2.28. The molecule has 1 fully saturated rings. The molecule has 0 spiro atoms. The summed E-state index contributed by atoms with van der Waals surface area (Å²) in [6.45, 7) is 2.42. The van der Waals surface area contributed by atoms with Gasteiger partial charge in [-0.25, -0.2) is 0 Å². The summed E-state index contributed by atoms with van der Waals surface area (Å²) >= 11 is 1.49. The van der Waals surface area contributed by atoms with Crippen LogP contribution in [0.4, 0.5) is 0 Å². The Morgan fingerprint density at radius 2 is 1.57 bits per heavy atom. The Balaban J connectivity index is 1.37. The van der Waals surface area contributed by atoms with Crippen molar-refractivity contribution >= 4 is 23.6 Å². The number of hydrogen-bond acceptors (Lipinski definition) is 5. The van der Waals surface area contributed by atoms with Gasteiger partial charge in [0.1, 0.15) is 10.5 Å². The third kappa shape index (κ3) is 5.99. The first-order chi connectivity index (χ1) is 21.4. The van der Waals surface area contributed by atoms with E-state index in [2.05, 4.69) is 17.4 Å². The number of fused-ring (bicyclic) bond motifs is 1. The van der Waals surface area contributed by atoms with Gasteiger partial charge < -0.3 is 20.1 Å². The average Bonchev–Trinajstić information content (AvgIpc) is 3.61. The largest absolute Gasteiger partial charge is 0.497 e. The van der Waals surface area contributed by atoms with Crippen molar-refractivity contribution in [2.45, 2.75) is 60.9 Å². The van der Waals surface area contributed by atoms with Gasteiger partial charge in [-0.15, -0.1) is 11.8 Å². The van der Waals surface area contributed by atoms with Gasteiger partial charge >= 0.3 is 0 Å². The first kappa shape index (κ1) is 30.0. The van der Waals surface area contributed by atoms with E-state index in [0.29, 0.717) is 13.0 Å². The van der Waals surface area contributed by atoms with E-state index in [1.54, 1.807) is 7.11 Å². The maximum Gasteiger partial charge on any atom is 0.239 e. The van der Waals surface area contributed by atoms with Crippen LogP contribution in [0, 0.1) is 6.92 Å². The molecule has 1 aliphatic carbocycles. The number of thioether (sulfide) groups is 1. The number of amides is 2. The molecule has 2 atom stereocenters. The lowest BCUT2D eigenvalue weighted by Gasteiger charge is -2.39. The number of nitrogens with one attached hydrogen (secondary N) is 1. The lowest BCUT2D eigenvalue weighted by Crippen LogP contribution is -2.50. The maximum atomic E-state index is 14.6. The molecule has 44 heavy (non-hydrogen) atoms. The van der Waals surface area contributed by atoms with Crippen LogP contribution in [0.25, 0.3) is 0 Å². The van der Waals surface area contributed by atoms with Crippen LogP contribution in [0.2, 0.25) is 0 Å². The molecule has 7 heteroatoms. The standard InChI is InChI=1S/C37H38N2O4S/c1-25-7-17-33(18-8-25)44-37(36(42)38-20-19-26-11-15-32(43-2)16-12-26)23-34(41)39(31-21-29-5-3-4-6-30(29)22-31)35(37)28-13-9-27(24-40)10-14-28/h3-18,31,35,40H,19-24H2,1-2H3,(H,38,42)/t35-,37-/m1/s1. The molecule has 1 heterocycles. The van der Waals surface area contributed by atoms with Gasteiger partial charge in [-0.1, -0.05) is 78.4 Å². The quantitative estimate of drug-likeness (QED) is 0.238. The highest BCUT2D eigenvalue weighted by Crippen LogP contribution is 2.54. The minimum absolute atomic E-state index is 0.0102. The van der Waals surface area contributed by atoms with Crippen molar-refractivity contribution in [2.75, 3.05) is 13.7 Å². The van der Waals surface area contributed by atoms with Crippen LogP contribution in [0.1, 0.15) is 45.8 Å². The average molecular weight is 607 g/mol. The zero-order valence-corrected chi connectivity index (χ0v) is 26.0. The minimum atomic E-state index is -1.10. The van der Waals surface area contributed by atoms with Crippen LogP contribution < -0.4 is 10.1 Å². The van der Waals surface area contributed by atoms with Gasteiger partial charge in [0.15, 0.2) is 0 Å². The van der Waals surface area contributed by atoms with Crippen LogP contribution in [-0.2, 0) is 35.5 Å². The molecular formula is C37H38N2O4S. The minimum Gasteiger partial charge on any atom is -0.497 e. The van der Waals surface area contributed by atoms with Gasteiger partial charge in [-0.3, -0.25) is 9.59 Å². The SMILES string of the molecule is COc1ccc(CCNC(=O)[C@@]2(Sc3ccc(C)cc3)CC(=O)N(C3Cc4ccccc4C3)[C@@H]2c2ccc(CO)cc2)cc1. The monoisotopic (exact) mass is 606 g/mol. The number of methoxy groups -OCH3 is 1. The van der Waals surface area contributed by atoms with E-state index >= 15 is 0 Å². The van der Waals surface area contributed by atoms with Gasteiger partial charge in [-0.2, -0.15) is 0 Å². The fourth-order valence-corrected chi connectivity index (χ4v) is 8.00. The summed E-state index contributed by atoms with van der Waals surface area (Å²) in [7, 11) is 1.64. The fraction of sp³-hybridized carbons (Fsp3) is 0.297. The second-order valence-electron chi connectivity index (χ2n) is 11.8. The Labute approximate surface area is 263 Å². The van der Waals surface area contributed by atoms with Crippen molar-refractivity contribution in [1.29, 1.82) is 0 Å². The summed E-state index contributed by atoms with van der Waals surface area (Å²) in [6, 6.07) is 31.6. The van der Waals surface area contributed by atoms with Crippen molar-refractivity contribution < 1.29 is 19.4 Å². The molecule has 1 saturated heterocycles. The number of rotatable bonds is 10. The van der Waals surface area contributed by atoms with E-state index in [1.807, 2.05) is 96.8 Å². The van der Waals surface area contributed by atoms with Gasteiger partial charge in [-0.05, 0) is 78.3 Å². The number of carbonyl (C=O) groups is 2. The van der Waals surface area contributed by atoms with Crippen molar-refractivity contribution in [3.8, 4) is 5.75 Å².